The van der Waals surface area contributed by atoms with Crippen molar-refractivity contribution >= 4 is 34.8 Å². The maximum Gasteiger partial charge on any atom is 0.291 e. The number of furan rings is 1. The molecule has 2 atom stereocenters. The van der Waals surface area contributed by atoms with Crippen LogP contribution in [0.4, 0.5) is 11.4 Å². The summed E-state index contributed by atoms with van der Waals surface area (Å²) in [5.41, 5.74) is 0.962. The largest absolute Gasteiger partial charge is 0.459 e. The standard InChI is InChI=1S/C16H15ClN2O3/c1-9-7-11(9)15(20)18-12-5-4-10(17)8-13(12)19-16(21)14-3-2-6-22-14/h2-6,8-9,11H,7H2,1H3,(H,18,20)(H,19,21)/t9-,11+/m1/s1. The maximum absolute atomic E-state index is 12.1. The van der Waals surface area contributed by atoms with Crippen LogP contribution in [0.3, 0.4) is 0 Å². The van der Waals surface area contributed by atoms with Gasteiger partial charge in [0.15, 0.2) is 5.76 Å². The van der Waals surface area contributed by atoms with E-state index in [1.807, 2.05) is 6.92 Å². The smallest absolute Gasteiger partial charge is 0.291 e. The fraction of sp³-hybridized carbons (Fsp3) is 0.250. The Hall–Kier alpha value is -2.27. The van der Waals surface area contributed by atoms with Gasteiger partial charge in [0.05, 0.1) is 17.6 Å². The SMILES string of the molecule is C[C@@H]1C[C@@H]1C(=O)Nc1ccc(Cl)cc1NC(=O)c1ccco1. The Morgan fingerprint density at radius 1 is 1.23 bits per heavy atom. The Morgan fingerprint density at radius 3 is 2.64 bits per heavy atom. The molecule has 0 bridgehead atoms. The molecule has 6 heteroatoms. The van der Waals surface area contributed by atoms with Crippen molar-refractivity contribution in [1.29, 1.82) is 0 Å². The predicted molar refractivity (Wildman–Crippen MR) is 84.0 cm³/mol. The fourth-order valence-electron chi connectivity index (χ4n) is 2.23. The summed E-state index contributed by atoms with van der Waals surface area (Å²) < 4.78 is 5.05. The van der Waals surface area contributed by atoms with E-state index < -0.39 is 5.91 Å². The fourth-order valence-corrected chi connectivity index (χ4v) is 2.41. The summed E-state index contributed by atoms with van der Waals surface area (Å²) >= 11 is 5.97. The number of hydrogen-bond donors (Lipinski definition) is 2. The average Bonchev–Trinajstić information content (AvgIpc) is 3.00. The molecule has 1 aromatic heterocycles. The van der Waals surface area contributed by atoms with E-state index in [4.69, 9.17) is 16.0 Å². The molecule has 1 heterocycles. The van der Waals surface area contributed by atoms with Gasteiger partial charge in [0.25, 0.3) is 5.91 Å². The second-order valence-corrected chi connectivity index (χ2v) is 5.87. The molecule has 2 N–H and O–H groups in total. The number of rotatable bonds is 4. The summed E-state index contributed by atoms with van der Waals surface area (Å²) in [5.74, 6) is 0.205. The zero-order chi connectivity index (χ0) is 15.7. The molecule has 0 aliphatic heterocycles. The van der Waals surface area contributed by atoms with Crippen LogP contribution in [-0.4, -0.2) is 11.8 Å². The van der Waals surface area contributed by atoms with Crippen molar-refractivity contribution in [1.82, 2.24) is 0 Å². The van der Waals surface area contributed by atoms with Crippen LogP contribution in [0.2, 0.25) is 5.02 Å². The van der Waals surface area contributed by atoms with E-state index in [1.165, 1.54) is 6.26 Å². The van der Waals surface area contributed by atoms with Crippen LogP contribution in [0.5, 0.6) is 0 Å². The summed E-state index contributed by atoms with van der Waals surface area (Å²) in [6, 6.07) is 8.11. The molecular weight excluding hydrogens is 304 g/mol. The van der Waals surface area contributed by atoms with Gasteiger partial charge in [-0.2, -0.15) is 0 Å². The highest BCUT2D eigenvalue weighted by molar-refractivity contribution is 6.31. The highest BCUT2D eigenvalue weighted by Gasteiger charge is 2.39. The molecule has 0 saturated heterocycles. The van der Waals surface area contributed by atoms with Gasteiger partial charge in [-0.25, -0.2) is 0 Å². The first-order valence-corrected chi connectivity index (χ1v) is 7.37. The van der Waals surface area contributed by atoms with E-state index in [0.29, 0.717) is 22.3 Å². The van der Waals surface area contributed by atoms with Gasteiger partial charge in [0, 0.05) is 10.9 Å². The Morgan fingerprint density at radius 2 is 2.00 bits per heavy atom. The molecule has 2 aromatic rings. The minimum Gasteiger partial charge on any atom is -0.459 e. The summed E-state index contributed by atoms with van der Waals surface area (Å²) in [6.07, 6.45) is 2.32. The summed E-state index contributed by atoms with van der Waals surface area (Å²) in [5, 5.41) is 6.00. The van der Waals surface area contributed by atoms with Gasteiger partial charge in [0.2, 0.25) is 5.91 Å². The molecule has 22 heavy (non-hydrogen) atoms. The van der Waals surface area contributed by atoms with Crippen molar-refractivity contribution in [2.75, 3.05) is 10.6 Å². The Kier molecular flexibility index (Phi) is 3.90. The lowest BCUT2D eigenvalue weighted by Gasteiger charge is -2.12. The number of halogens is 1. The van der Waals surface area contributed by atoms with Crippen molar-refractivity contribution in [3.8, 4) is 0 Å². The number of anilines is 2. The minimum atomic E-state index is -0.400. The van der Waals surface area contributed by atoms with E-state index in [1.54, 1.807) is 30.3 Å². The van der Waals surface area contributed by atoms with Gasteiger partial charge in [-0.15, -0.1) is 0 Å². The second kappa shape index (κ2) is 5.85. The van der Waals surface area contributed by atoms with E-state index in [2.05, 4.69) is 10.6 Å². The molecule has 5 nitrogen and oxygen atoms in total. The third-order valence-corrected chi connectivity index (χ3v) is 3.91. The summed E-state index contributed by atoms with van der Waals surface area (Å²) in [7, 11) is 0. The van der Waals surface area contributed by atoms with Crippen LogP contribution in [0.1, 0.15) is 23.9 Å². The first kappa shape index (κ1) is 14.7. The molecule has 1 aromatic carbocycles. The molecule has 0 unspecified atom stereocenters. The minimum absolute atomic E-state index is 0.0386. The highest BCUT2D eigenvalue weighted by atomic mass is 35.5. The van der Waals surface area contributed by atoms with Gasteiger partial charge in [-0.1, -0.05) is 18.5 Å². The molecule has 1 aliphatic rings. The van der Waals surface area contributed by atoms with Crippen molar-refractivity contribution in [3.63, 3.8) is 0 Å². The second-order valence-electron chi connectivity index (χ2n) is 5.43. The highest BCUT2D eigenvalue weighted by Crippen LogP contribution is 2.39. The molecule has 1 fully saturated rings. The molecule has 1 saturated carbocycles. The molecule has 2 amide bonds. The number of carbonyl (C=O) groups is 2. The van der Waals surface area contributed by atoms with E-state index in [-0.39, 0.29) is 17.6 Å². The normalized spacial score (nSPS) is 19.5. The van der Waals surface area contributed by atoms with E-state index >= 15 is 0 Å². The van der Waals surface area contributed by atoms with Crippen LogP contribution < -0.4 is 10.6 Å². The zero-order valence-corrected chi connectivity index (χ0v) is 12.7. The number of hydrogen-bond acceptors (Lipinski definition) is 3. The Bertz CT molecular complexity index is 712. The molecule has 3 rings (SSSR count). The van der Waals surface area contributed by atoms with Gasteiger partial charge < -0.3 is 15.1 Å². The number of nitrogens with one attached hydrogen (secondary N) is 2. The number of carbonyl (C=O) groups excluding carboxylic acids is 2. The van der Waals surface area contributed by atoms with Crippen LogP contribution >= 0.6 is 11.6 Å². The molecule has 0 spiro atoms. The molecular formula is C16H15ClN2O3. The third kappa shape index (κ3) is 3.14. The van der Waals surface area contributed by atoms with Crippen molar-refractivity contribution in [2.45, 2.75) is 13.3 Å². The molecule has 1 aliphatic carbocycles. The van der Waals surface area contributed by atoms with Crippen LogP contribution in [0.25, 0.3) is 0 Å². The third-order valence-electron chi connectivity index (χ3n) is 3.68. The zero-order valence-electron chi connectivity index (χ0n) is 11.9. The molecule has 0 radical (unpaired) electrons. The average molecular weight is 319 g/mol. The van der Waals surface area contributed by atoms with Crippen molar-refractivity contribution < 1.29 is 14.0 Å². The number of benzene rings is 1. The first-order valence-electron chi connectivity index (χ1n) is 7.00. The van der Waals surface area contributed by atoms with Crippen LogP contribution in [-0.2, 0) is 4.79 Å². The number of amides is 2. The van der Waals surface area contributed by atoms with Gasteiger partial charge >= 0.3 is 0 Å². The van der Waals surface area contributed by atoms with Crippen LogP contribution in [0.15, 0.2) is 41.0 Å². The molecule has 114 valence electrons. The lowest BCUT2D eigenvalue weighted by Crippen LogP contribution is -2.18. The predicted octanol–water partition coefficient (Wildman–Crippen LogP) is 3.78. The summed E-state index contributed by atoms with van der Waals surface area (Å²) in [6.45, 7) is 2.03. The van der Waals surface area contributed by atoms with Crippen LogP contribution in [0, 0.1) is 11.8 Å². The topological polar surface area (TPSA) is 71.3 Å². The van der Waals surface area contributed by atoms with Gasteiger partial charge in [-0.3, -0.25) is 9.59 Å². The Labute approximate surface area is 132 Å². The quantitative estimate of drug-likeness (QED) is 0.901. The Balaban J connectivity index is 1.78. The van der Waals surface area contributed by atoms with Crippen molar-refractivity contribution in [3.05, 3.63) is 47.4 Å². The maximum atomic E-state index is 12.1. The first-order chi connectivity index (χ1) is 10.5. The van der Waals surface area contributed by atoms with Gasteiger partial charge in [-0.05, 0) is 42.7 Å². The lowest BCUT2D eigenvalue weighted by molar-refractivity contribution is -0.117. The van der Waals surface area contributed by atoms with Crippen molar-refractivity contribution in [2.24, 2.45) is 11.8 Å². The lowest BCUT2D eigenvalue weighted by atomic mass is 10.2. The summed E-state index contributed by atoms with van der Waals surface area (Å²) in [4.78, 5) is 24.1. The monoisotopic (exact) mass is 318 g/mol. The van der Waals surface area contributed by atoms with Gasteiger partial charge in [0.1, 0.15) is 0 Å². The van der Waals surface area contributed by atoms with E-state index in [0.717, 1.165) is 6.42 Å². The van der Waals surface area contributed by atoms with E-state index in [9.17, 15) is 9.59 Å².